The van der Waals surface area contributed by atoms with Crippen molar-refractivity contribution in [1.82, 2.24) is 0 Å². The molecule has 0 amide bonds. The van der Waals surface area contributed by atoms with Gasteiger partial charge in [-0.25, -0.2) is 4.79 Å². The molecule has 0 atom stereocenters. The van der Waals surface area contributed by atoms with Gasteiger partial charge in [-0.3, -0.25) is 0 Å². The summed E-state index contributed by atoms with van der Waals surface area (Å²) < 4.78 is 0.926. The number of carboxylic acids is 1. The fraction of sp³-hybridized carbons (Fsp3) is 0.0625. The molecule has 0 aliphatic heterocycles. The van der Waals surface area contributed by atoms with Crippen LogP contribution in [0.3, 0.4) is 0 Å². The zero-order valence-corrected chi connectivity index (χ0v) is 13.2. The van der Waals surface area contributed by atoms with E-state index in [1.165, 1.54) is 0 Å². The Bertz CT molecular complexity index is 631. The first kappa shape index (κ1) is 14.9. The summed E-state index contributed by atoms with van der Waals surface area (Å²) in [7, 11) is 0. The van der Waals surface area contributed by atoms with Crippen molar-refractivity contribution in [2.24, 2.45) is 0 Å². The summed E-state index contributed by atoms with van der Waals surface area (Å²) >= 11 is 5.00. The van der Waals surface area contributed by atoms with Crippen molar-refractivity contribution in [3.05, 3.63) is 64.1 Å². The van der Waals surface area contributed by atoms with Crippen LogP contribution in [0.2, 0.25) is 0 Å². The third kappa shape index (κ3) is 3.74. The van der Waals surface area contributed by atoms with Gasteiger partial charge in [-0.2, -0.15) is 0 Å². The van der Waals surface area contributed by atoms with E-state index >= 15 is 0 Å². The highest BCUT2D eigenvalue weighted by molar-refractivity contribution is 9.10. The molecule has 0 heterocycles. The van der Waals surface area contributed by atoms with Crippen LogP contribution in [0.15, 0.2) is 57.9 Å². The van der Waals surface area contributed by atoms with Gasteiger partial charge in [-0.15, -0.1) is 11.8 Å². The minimum Gasteiger partial charge on any atom is -0.478 e. The van der Waals surface area contributed by atoms with Crippen molar-refractivity contribution >= 4 is 45.3 Å². The summed E-state index contributed by atoms with van der Waals surface area (Å²) in [5.74, 6) is -0.929. The van der Waals surface area contributed by atoms with E-state index in [4.69, 9.17) is 0 Å². The first-order chi connectivity index (χ1) is 9.60. The summed E-state index contributed by atoms with van der Waals surface area (Å²) in [5.41, 5.74) is 1.85. The number of benzene rings is 2. The summed E-state index contributed by atoms with van der Waals surface area (Å²) in [4.78, 5) is 12.6. The second kappa shape index (κ2) is 6.77. The monoisotopic (exact) mass is 348 g/mol. The maximum atomic E-state index is 11.4. The zero-order chi connectivity index (χ0) is 14.5. The lowest BCUT2D eigenvalue weighted by Crippen LogP contribution is -1.99. The summed E-state index contributed by atoms with van der Waals surface area (Å²) in [6.07, 6.45) is 3.70. The van der Waals surface area contributed by atoms with Gasteiger partial charge in [0.05, 0.1) is 5.57 Å². The minimum absolute atomic E-state index is 0.286. The zero-order valence-electron chi connectivity index (χ0n) is 10.8. The number of rotatable bonds is 4. The topological polar surface area (TPSA) is 37.3 Å². The van der Waals surface area contributed by atoms with Crippen molar-refractivity contribution in [2.45, 2.75) is 4.90 Å². The standard InChI is InChI=1S/C16H13BrO2S/c1-20-14-8-2-11(3-9-14)10-15(16(18)19)12-4-6-13(17)7-5-12/h2-10H,1H3,(H,18,19)/b15-10+. The molecule has 0 aliphatic rings. The largest absolute Gasteiger partial charge is 0.478 e. The number of aliphatic carboxylic acids is 1. The van der Waals surface area contributed by atoms with Crippen LogP contribution in [0.25, 0.3) is 11.6 Å². The first-order valence-corrected chi connectivity index (χ1v) is 7.97. The van der Waals surface area contributed by atoms with Crippen LogP contribution in [-0.4, -0.2) is 17.3 Å². The van der Waals surface area contributed by atoms with E-state index in [2.05, 4.69) is 15.9 Å². The molecule has 0 aliphatic carbocycles. The van der Waals surface area contributed by atoms with E-state index in [0.717, 1.165) is 14.9 Å². The molecule has 0 saturated carbocycles. The fourth-order valence-electron chi connectivity index (χ4n) is 1.76. The Morgan fingerprint density at radius 2 is 1.70 bits per heavy atom. The van der Waals surface area contributed by atoms with Gasteiger partial charge in [0.15, 0.2) is 0 Å². The van der Waals surface area contributed by atoms with Crippen LogP contribution in [-0.2, 0) is 4.79 Å². The van der Waals surface area contributed by atoms with Crippen LogP contribution in [0.1, 0.15) is 11.1 Å². The third-order valence-electron chi connectivity index (χ3n) is 2.81. The van der Waals surface area contributed by atoms with Crippen molar-refractivity contribution in [3.63, 3.8) is 0 Å². The fourth-order valence-corrected chi connectivity index (χ4v) is 2.44. The molecular formula is C16H13BrO2S. The van der Waals surface area contributed by atoms with E-state index in [0.29, 0.717) is 5.56 Å². The van der Waals surface area contributed by atoms with E-state index in [1.807, 2.05) is 42.7 Å². The van der Waals surface area contributed by atoms with E-state index in [9.17, 15) is 9.90 Å². The van der Waals surface area contributed by atoms with Gasteiger partial charge in [-0.1, -0.05) is 40.2 Å². The number of hydrogen-bond acceptors (Lipinski definition) is 2. The minimum atomic E-state index is -0.929. The van der Waals surface area contributed by atoms with Crippen molar-refractivity contribution in [1.29, 1.82) is 0 Å². The smallest absolute Gasteiger partial charge is 0.336 e. The van der Waals surface area contributed by atoms with Crippen molar-refractivity contribution in [2.75, 3.05) is 6.26 Å². The number of thioether (sulfide) groups is 1. The van der Waals surface area contributed by atoms with Crippen LogP contribution in [0, 0.1) is 0 Å². The van der Waals surface area contributed by atoms with Gasteiger partial charge in [0.2, 0.25) is 0 Å². The lowest BCUT2D eigenvalue weighted by Gasteiger charge is -2.04. The van der Waals surface area contributed by atoms with Crippen molar-refractivity contribution in [3.8, 4) is 0 Å². The maximum Gasteiger partial charge on any atom is 0.336 e. The number of halogens is 1. The molecule has 2 aromatic rings. The van der Waals surface area contributed by atoms with E-state index < -0.39 is 5.97 Å². The number of carbonyl (C=O) groups is 1. The molecule has 2 nitrogen and oxygen atoms in total. The lowest BCUT2D eigenvalue weighted by atomic mass is 10.0. The SMILES string of the molecule is CSc1ccc(/C=C(/C(=O)O)c2ccc(Br)cc2)cc1. The van der Waals surface area contributed by atoms with Gasteiger partial charge in [0.1, 0.15) is 0 Å². The van der Waals surface area contributed by atoms with E-state index in [-0.39, 0.29) is 5.57 Å². The average molecular weight is 349 g/mol. The second-order valence-electron chi connectivity index (χ2n) is 4.14. The maximum absolute atomic E-state index is 11.4. The molecule has 102 valence electrons. The highest BCUT2D eigenvalue weighted by Crippen LogP contribution is 2.22. The Balaban J connectivity index is 2.39. The van der Waals surface area contributed by atoms with Gasteiger partial charge in [0.25, 0.3) is 0 Å². The van der Waals surface area contributed by atoms with Gasteiger partial charge >= 0.3 is 5.97 Å². The predicted octanol–water partition coefficient (Wildman–Crippen LogP) is 4.80. The molecule has 4 heteroatoms. The Labute approximate surface area is 130 Å². The van der Waals surface area contributed by atoms with Crippen molar-refractivity contribution < 1.29 is 9.90 Å². The molecular weight excluding hydrogens is 336 g/mol. The Hall–Kier alpha value is -1.52. The molecule has 20 heavy (non-hydrogen) atoms. The lowest BCUT2D eigenvalue weighted by molar-refractivity contribution is -0.130. The quantitative estimate of drug-likeness (QED) is 0.490. The summed E-state index contributed by atoms with van der Waals surface area (Å²) in [5, 5.41) is 9.37. The Morgan fingerprint density at radius 1 is 1.10 bits per heavy atom. The van der Waals surface area contributed by atoms with Crippen LogP contribution in [0.4, 0.5) is 0 Å². The number of hydrogen-bond donors (Lipinski definition) is 1. The molecule has 2 aromatic carbocycles. The van der Waals surface area contributed by atoms with Crippen LogP contribution in [0.5, 0.6) is 0 Å². The Kier molecular flexibility index (Phi) is 5.04. The normalized spacial score (nSPS) is 11.4. The van der Waals surface area contributed by atoms with Crippen LogP contribution < -0.4 is 0 Å². The Morgan fingerprint density at radius 3 is 2.20 bits per heavy atom. The molecule has 1 N–H and O–H groups in total. The molecule has 2 rings (SSSR count). The molecule has 0 aromatic heterocycles. The molecule has 0 spiro atoms. The third-order valence-corrected chi connectivity index (χ3v) is 4.08. The van der Waals surface area contributed by atoms with E-state index in [1.54, 1.807) is 30.0 Å². The van der Waals surface area contributed by atoms with Gasteiger partial charge < -0.3 is 5.11 Å². The first-order valence-electron chi connectivity index (χ1n) is 5.95. The predicted molar refractivity (Wildman–Crippen MR) is 87.9 cm³/mol. The van der Waals surface area contributed by atoms with Gasteiger partial charge in [0, 0.05) is 9.37 Å². The molecule has 0 unspecified atom stereocenters. The molecule has 0 saturated heterocycles. The number of carboxylic acid groups (broad SMARTS) is 1. The molecule has 0 fully saturated rings. The van der Waals surface area contributed by atoms with Crippen LogP contribution >= 0.6 is 27.7 Å². The highest BCUT2D eigenvalue weighted by atomic mass is 79.9. The molecule has 0 bridgehead atoms. The summed E-state index contributed by atoms with van der Waals surface area (Å²) in [6.45, 7) is 0. The second-order valence-corrected chi connectivity index (χ2v) is 5.94. The average Bonchev–Trinajstić information content (AvgIpc) is 2.46. The van der Waals surface area contributed by atoms with Gasteiger partial charge in [-0.05, 0) is 47.7 Å². The summed E-state index contributed by atoms with van der Waals surface area (Å²) in [6, 6.07) is 15.1. The highest BCUT2D eigenvalue weighted by Gasteiger charge is 2.10. The molecule has 0 radical (unpaired) electrons.